The Hall–Kier alpha value is -1.09. The van der Waals surface area contributed by atoms with Crippen LogP contribution in [-0.2, 0) is 11.2 Å². The van der Waals surface area contributed by atoms with Crippen molar-refractivity contribution < 1.29 is 9.90 Å². The zero-order chi connectivity index (χ0) is 10.6. The van der Waals surface area contributed by atoms with Crippen LogP contribution in [0.15, 0.2) is 18.3 Å². The van der Waals surface area contributed by atoms with Crippen LogP contribution in [0, 0.1) is 5.92 Å². The fraction of sp³-hybridized carbons (Fsp3) is 0.400. The molecule has 0 spiro atoms. The van der Waals surface area contributed by atoms with E-state index in [9.17, 15) is 4.79 Å². The highest BCUT2D eigenvalue weighted by atomic mass is 35.5. The van der Waals surface area contributed by atoms with Gasteiger partial charge in [-0.15, -0.1) is 0 Å². The number of carboxylic acids is 1. The van der Waals surface area contributed by atoms with Crippen LogP contribution >= 0.6 is 11.6 Å². The fourth-order valence-corrected chi connectivity index (χ4v) is 1.41. The lowest BCUT2D eigenvalue weighted by atomic mass is 9.99. The van der Waals surface area contributed by atoms with Crippen LogP contribution in [0.3, 0.4) is 0 Å². The van der Waals surface area contributed by atoms with Gasteiger partial charge in [0.25, 0.3) is 0 Å². The number of carbonyl (C=O) groups is 1. The summed E-state index contributed by atoms with van der Waals surface area (Å²) in [5.74, 6) is -0.644. The van der Waals surface area contributed by atoms with Crippen LogP contribution in [0.2, 0.25) is 5.15 Å². The van der Waals surface area contributed by atoms with Gasteiger partial charge in [-0.1, -0.05) is 24.6 Å². The number of halogens is 1. The molecule has 0 aliphatic heterocycles. The lowest BCUT2D eigenvalue weighted by Gasteiger charge is -2.07. The molecule has 76 valence electrons. The van der Waals surface area contributed by atoms with Crippen molar-refractivity contribution in [2.24, 2.45) is 5.92 Å². The van der Waals surface area contributed by atoms with E-state index in [1.54, 1.807) is 12.3 Å². The minimum absolute atomic E-state index is 0.121. The number of nitrogens with zero attached hydrogens (tertiary/aromatic N) is 1. The van der Waals surface area contributed by atoms with Crippen LogP contribution < -0.4 is 0 Å². The Labute approximate surface area is 87.7 Å². The third-order valence-corrected chi connectivity index (χ3v) is 2.12. The zero-order valence-corrected chi connectivity index (χ0v) is 8.66. The van der Waals surface area contributed by atoms with Crippen LogP contribution in [-0.4, -0.2) is 16.1 Å². The number of hydrogen-bond acceptors (Lipinski definition) is 2. The molecule has 1 aromatic rings. The molecule has 4 heteroatoms. The van der Waals surface area contributed by atoms with Gasteiger partial charge in [0.1, 0.15) is 5.15 Å². The van der Waals surface area contributed by atoms with Crippen molar-refractivity contribution in [2.75, 3.05) is 0 Å². The van der Waals surface area contributed by atoms with E-state index in [0.29, 0.717) is 5.15 Å². The Balaban J connectivity index is 2.51. The molecule has 0 fully saturated rings. The lowest BCUT2D eigenvalue weighted by molar-refractivity contribution is -0.137. The summed E-state index contributed by atoms with van der Waals surface area (Å²) in [5.41, 5.74) is 1.02. The van der Waals surface area contributed by atoms with Gasteiger partial charge < -0.3 is 5.11 Å². The summed E-state index contributed by atoms with van der Waals surface area (Å²) in [5, 5.41) is 9.03. The molecular weight excluding hydrogens is 202 g/mol. The summed E-state index contributed by atoms with van der Waals surface area (Å²) in [6.45, 7) is 1.91. The average Bonchev–Trinajstić information content (AvgIpc) is 2.07. The Morgan fingerprint density at radius 1 is 1.64 bits per heavy atom. The van der Waals surface area contributed by atoms with E-state index < -0.39 is 5.97 Å². The molecule has 1 rings (SSSR count). The van der Waals surface area contributed by atoms with Gasteiger partial charge in [0.2, 0.25) is 0 Å². The summed E-state index contributed by atoms with van der Waals surface area (Å²) < 4.78 is 0. The van der Waals surface area contributed by atoms with Crippen molar-refractivity contribution in [2.45, 2.75) is 19.8 Å². The summed E-state index contributed by atoms with van der Waals surface area (Å²) in [4.78, 5) is 14.3. The Kier molecular flexibility index (Phi) is 3.89. The van der Waals surface area contributed by atoms with Crippen molar-refractivity contribution in [1.29, 1.82) is 0 Å². The average molecular weight is 214 g/mol. The maximum absolute atomic E-state index is 10.4. The minimum Gasteiger partial charge on any atom is -0.481 e. The number of aliphatic carboxylic acids is 1. The van der Waals surface area contributed by atoms with Crippen molar-refractivity contribution in [3.8, 4) is 0 Å². The molecule has 1 N–H and O–H groups in total. The van der Waals surface area contributed by atoms with Crippen molar-refractivity contribution in [1.82, 2.24) is 4.98 Å². The predicted octanol–water partition coefficient (Wildman–Crippen LogP) is 2.39. The van der Waals surface area contributed by atoms with Crippen LogP contribution in [0.4, 0.5) is 0 Å². The Morgan fingerprint density at radius 2 is 2.36 bits per heavy atom. The van der Waals surface area contributed by atoms with E-state index in [0.717, 1.165) is 12.0 Å². The number of hydrogen-bond donors (Lipinski definition) is 1. The second-order valence-corrected chi connectivity index (χ2v) is 3.78. The maximum Gasteiger partial charge on any atom is 0.303 e. The molecule has 1 aromatic heterocycles. The standard InChI is InChI=1S/C10H12ClNO2/c1-7(5-10(13)14)4-8-2-3-9(11)12-6-8/h2-3,6-7H,4-5H2,1H3,(H,13,14). The first-order valence-electron chi connectivity index (χ1n) is 4.40. The largest absolute Gasteiger partial charge is 0.481 e. The van der Waals surface area contributed by atoms with Crippen LogP contribution in [0.25, 0.3) is 0 Å². The van der Waals surface area contributed by atoms with E-state index in [-0.39, 0.29) is 12.3 Å². The Morgan fingerprint density at radius 3 is 2.86 bits per heavy atom. The molecule has 0 aromatic carbocycles. The fourth-order valence-electron chi connectivity index (χ4n) is 1.30. The second-order valence-electron chi connectivity index (χ2n) is 3.40. The molecule has 0 bridgehead atoms. The first-order valence-corrected chi connectivity index (χ1v) is 4.78. The lowest BCUT2D eigenvalue weighted by Crippen LogP contribution is -2.07. The quantitative estimate of drug-likeness (QED) is 0.782. The van der Waals surface area contributed by atoms with Gasteiger partial charge in [0, 0.05) is 12.6 Å². The Bertz CT molecular complexity index is 310. The van der Waals surface area contributed by atoms with Crippen molar-refractivity contribution in [3.63, 3.8) is 0 Å². The molecular formula is C10H12ClNO2. The molecule has 0 aliphatic rings. The third-order valence-electron chi connectivity index (χ3n) is 1.90. The summed E-state index contributed by atoms with van der Waals surface area (Å²) in [7, 11) is 0. The maximum atomic E-state index is 10.4. The zero-order valence-electron chi connectivity index (χ0n) is 7.90. The van der Waals surface area contributed by atoms with Gasteiger partial charge in [0.05, 0.1) is 0 Å². The van der Waals surface area contributed by atoms with Gasteiger partial charge in [-0.05, 0) is 24.0 Å². The van der Waals surface area contributed by atoms with Crippen LogP contribution in [0.5, 0.6) is 0 Å². The highest BCUT2D eigenvalue weighted by Crippen LogP contribution is 2.12. The molecule has 0 radical (unpaired) electrons. The van der Waals surface area contributed by atoms with E-state index in [4.69, 9.17) is 16.7 Å². The summed E-state index contributed by atoms with van der Waals surface area (Å²) >= 11 is 5.63. The van der Waals surface area contributed by atoms with Crippen molar-refractivity contribution >= 4 is 17.6 Å². The molecule has 0 saturated carbocycles. The normalized spacial score (nSPS) is 12.4. The molecule has 1 heterocycles. The van der Waals surface area contributed by atoms with E-state index in [1.807, 2.05) is 13.0 Å². The van der Waals surface area contributed by atoms with Gasteiger partial charge >= 0.3 is 5.97 Å². The first kappa shape index (κ1) is 11.0. The van der Waals surface area contributed by atoms with Gasteiger partial charge in [0.15, 0.2) is 0 Å². The van der Waals surface area contributed by atoms with E-state index in [1.165, 1.54) is 0 Å². The van der Waals surface area contributed by atoms with E-state index >= 15 is 0 Å². The number of pyridine rings is 1. The molecule has 1 unspecified atom stereocenters. The first-order chi connectivity index (χ1) is 6.58. The molecule has 3 nitrogen and oxygen atoms in total. The molecule has 0 amide bonds. The number of rotatable bonds is 4. The SMILES string of the molecule is CC(CC(=O)O)Cc1ccc(Cl)nc1. The molecule has 0 saturated heterocycles. The molecule has 1 atom stereocenters. The summed E-state index contributed by atoms with van der Waals surface area (Å²) in [6.07, 6.45) is 2.58. The molecule has 0 aliphatic carbocycles. The van der Waals surface area contributed by atoms with Gasteiger partial charge in [-0.3, -0.25) is 4.79 Å². The minimum atomic E-state index is -0.764. The van der Waals surface area contributed by atoms with Crippen LogP contribution in [0.1, 0.15) is 18.9 Å². The smallest absolute Gasteiger partial charge is 0.303 e. The monoisotopic (exact) mass is 213 g/mol. The second kappa shape index (κ2) is 4.96. The van der Waals surface area contributed by atoms with E-state index in [2.05, 4.69) is 4.98 Å². The van der Waals surface area contributed by atoms with Crippen molar-refractivity contribution in [3.05, 3.63) is 29.0 Å². The van der Waals surface area contributed by atoms with Gasteiger partial charge in [-0.2, -0.15) is 0 Å². The molecule has 14 heavy (non-hydrogen) atoms. The highest BCUT2D eigenvalue weighted by Gasteiger charge is 2.08. The predicted molar refractivity (Wildman–Crippen MR) is 54.4 cm³/mol. The van der Waals surface area contributed by atoms with Gasteiger partial charge in [-0.25, -0.2) is 4.98 Å². The third kappa shape index (κ3) is 3.75. The number of carboxylic acid groups (broad SMARTS) is 1. The highest BCUT2D eigenvalue weighted by molar-refractivity contribution is 6.29. The topological polar surface area (TPSA) is 50.2 Å². The number of aromatic nitrogens is 1. The summed E-state index contributed by atoms with van der Waals surface area (Å²) in [6, 6.07) is 3.58.